The molecule has 0 spiro atoms. The van der Waals surface area contributed by atoms with Gasteiger partial charge in [0.25, 0.3) is 0 Å². The second-order valence-corrected chi connectivity index (χ2v) is 4.85. The van der Waals surface area contributed by atoms with E-state index in [0.29, 0.717) is 13.0 Å². The molecule has 0 saturated heterocycles. The lowest BCUT2D eigenvalue weighted by atomic mass is 10.1. The molecule has 0 aliphatic carbocycles. The van der Waals surface area contributed by atoms with Crippen LogP contribution in [0.1, 0.15) is 5.56 Å². The Morgan fingerprint density at radius 3 is 2.62 bits per heavy atom. The molecule has 1 heterocycles. The Labute approximate surface area is 122 Å². The van der Waals surface area contributed by atoms with E-state index in [0.717, 1.165) is 22.4 Å². The van der Waals surface area contributed by atoms with Gasteiger partial charge in [-0.05, 0) is 42.3 Å². The van der Waals surface area contributed by atoms with Crippen LogP contribution in [0.15, 0.2) is 60.9 Å². The third kappa shape index (κ3) is 2.85. The summed E-state index contributed by atoms with van der Waals surface area (Å²) in [6.45, 7) is 0.475. The fraction of sp³-hybridized carbons (Fsp3) is 0.118. The Bertz CT molecular complexity index is 735. The maximum Gasteiger partial charge on any atom is 0.123 e. The molecule has 0 atom stereocenters. The van der Waals surface area contributed by atoms with Gasteiger partial charge in [-0.2, -0.15) is 5.10 Å². The first-order valence-corrected chi connectivity index (χ1v) is 6.87. The van der Waals surface area contributed by atoms with Gasteiger partial charge in [-0.1, -0.05) is 30.3 Å². The summed E-state index contributed by atoms with van der Waals surface area (Å²) < 4.78 is 15.2. The van der Waals surface area contributed by atoms with E-state index in [-0.39, 0.29) is 5.82 Å². The van der Waals surface area contributed by atoms with Gasteiger partial charge in [0.15, 0.2) is 0 Å². The van der Waals surface area contributed by atoms with E-state index in [1.165, 1.54) is 12.1 Å². The molecule has 0 aliphatic heterocycles. The van der Waals surface area contributed by atoms with Gasteiger partial charge >= 0.3 is 0 Å². The highest BCUT2D eigenvalue weighted by Crippen LogP contribution is 2.22. The zero-order valence-electron chi connectivity index (χ0n) is 11.5. The molecular weight excluding hydrogens is 265 g/mol. The van der Waals surface area contributed by atoms with Crippen LogP contribution in [0.3, 0.4) is 0 Å². The number of hydrogen-bond acceptors (Lipinski definition) is 2. The smallest absolute Gasteiger partial charge is 0.123 e. The van der Waals surface area contributed by atoms with Crippen LogP contribution in [-0.4, -0.2) is 16.3 Å². The summed E-state index contributed by atoms with van der Waals surface area (Å²) in [6, 6.07) is 14.7. The molecular formula is C17H16FN3. The fourth-order valence-corrected chi connectivity index (χ4v) is 2.37. The van der Waals surface area contributed by atoms with Gasteiger partial charge in [0.2, 0.25) is 0 Å². The van der Waals surface area contributed by atoms with Crippen molar-refractivity contribution in [1.82, 2.24) is 9.78 Å². The van der Waals surface area contributed by atoms with E-state index in [2.05, 4.69) is 5.10 Å². The highest BCUT2D eigenvalue weighted by Gasteiger charge is 2.08. The molecule has 0 unspecified atom stereocenters. The van der Waals surface area contributed by atoms with Crippen molar-refractivity contribution in [3.63, 3.8) is 0 Å². The first kappa shape index (κ1) is 13.5. The number of hydrogen-bond donors (Lipinski definition) is 1. The van der Waals surface area contributed by atoms with E-state index >= 15 is 0 Å². The Morgan fingerprint density at radius 2 is 1.86 bits per heavy atom. The van der Waals surface area contributed by atoms with Crippen LogP contribution in [-0.2, 0) is 6.42 Å². The van der Waals surface area contributed by atoms with Crippen LogP contribution in [0.2, 0.25) is 0 Å². The molecule has 0 bridgehead atoms. The summed E-state index contributed by atoms with van der Waals surface area (Å²) in [5.74, 6) is -0.252. The minimum Gasteiger partial charge on any atom is -0.330 e. The van der Waals surface area contributed by atoms with Crippen LogP contribution < -0.4 is 5.73 Å². The Kier molecular flexibility index (Phi) is 3.79. The predicted molar refractivity (Wildman–Crippen MR) is 81.7 cm³/mol. The molecule has 2 N–H and O–H groups in total. The number of rotatable bonds is 4. The van der Waals surface area contributed by atoms with Crippen LogP contribution in [0, 0.1) is 5.82 Å². The van der Waals surface area contributed by atoms with E-state index in [1.54, 1.807) is 10.7 Å². The second-order valence-electron chi connectivity index (χ2n) is 4.85. The monoisotopic (exact) mass is 281 g/mol. The lowest BCUT2D eigenvalue weighted by Crippen LogP contribution is -2.07. The fourth-order valence-electron chi connectivity index (χ4n) is 2.37. The average molecular weight is 281 g/mol. The van der Waals surface area contributed by atoms with E-state index < -0.39 is 0 Å². The van der Waals surface area contributed by atoms with Gasteiger partial charge in [0.05, 0.1) is 11.9 Å². The quantitative estimate of drug-likeness (QED) is 0.798. The van der Waals surface area contributed by atoms with Crippen LogP contribution in [0.5, 0.6) is 0 Å². The molecule has 0 amide bonds. The van der Waals surface area contributed by atoms with Crippen LogP contribution in [0.4, 0.5) is 4.39 Å². The maximum absolute atomic E-state index is 13.4. The van der Waals surface area contributed by atoms with Gasteiger partial charge < -0.3 is 5.73 Å². The third-order valence-corrected chi connectivity index (χ3v) is 3.39. The minimum atomic E-state index is -0.252. The van der Waals surface area contributed by atoms with Gasteiger partial charge in [0, 0.05) is 11.8 Å². The molecule has 0 fully saturated rings. The van der Waals surface area contributed by atoms with Crippen molar-refractivity contribution < 1.29 is 4.39 Å². The van der Waals surface area contributed by atoms with Crippen molar-refractivity contribution in [2.45, 2.75) is 6.42 Å². The molecule has 0 radical (unpaired) electrons. The summed E-state index contributed by atoms with van der Waals surface area (Å²) in [7, 11) is 0. The molecule has 3 rings (SSSR count). The largest absolute Gasteiger partial charge is 0.330 e. The van der Waals surface area contributed by atoms with Gasteiger partial charge in [-0.15, -0.1) is 0 Å². The predicted octanol–water partition coefficient (Wildman–Crippen LogP) is 3.18. The SMILES string of the molecule is NCCc1cc(F)ccc1-n1cc(-c2ccccc2)cn1. The molecule has 21 heavy (non-hydrogen) atoms. The normalized spacial score (nSPS) is 10.8. The number of nitrogens with two attached hydrogens (primary N) is 1. The first-order valence-electron chi connectivity index (χ1n) is 6.87. The molecule has 0 aliphatic rings. The highest BCUT2D eigenvalue weighted by molar-refractivity contribution is 5.62. The average Bonchev–Trinajstić information content (AvgIpc) is 2.98. The van der Waals surface area contributed by atoms with Gasteiger partial charge in [-0.25, -0.2) is 9.07 Å². The number of benzene rings is 2. The third-order valence-electron chi connectivity index (χ3n) is 3.39. The molecule has 3 nitrogen and oxygen atoms in total. The summed E-state index contributed by atoms with van der Waals surface area (Å²) >= 11 is 0. The maximum atomic E-state index is 13.4. The summed E-state index contributed by atoms with van der Waals surface area (Å²) in [5.41, 5.74) is 9.46. The minimum absolute atomic E-state index is 0.252. The van der Waals surface area contributed by atoms with Gasteiger partial charge in [-0.3, -0.25) is 0 Å². The molecule has 0 saturated carbocycles. The second kappa shape index (κ2) is 5.89. The van der Waals surface area contributed by atoms with Crippen molar-refractivity contribution in [2.24, 2.45) is 5.73 Å². The molecule has 106 valence electrons. The molecule has 1 aromatic heterocycles. The highest BCUT2D eigenvalue weighted by atomic mass is 19.1. The van der Waals surface area contributed by atoms with Crippen molar-refractivity contribution >= 4 is 0 Å². The molecule has 3 aromatic rings. The molecule has 2 aromatic carbocycles. The van der Waals surface area contributed by atoms with E-state index in [9.17, 15) is 4.39 Å². The van der Waals surface area contributed by atoms with Crippen molar-refractivity contribution in [3.05, 3.63) is 72.3 Å². The van der Waals surface area contributed by atoms with Crippen molar-refractivity contribution in [2.75, 3.05) is 6.54 Å². The van der Waals surface area contributed by atoms with Crippen molar-refractivity contribution in [1.29, 1.82) is 0 Å². The zero-order chi connectivity index (χ0) is 14.7. The van der Waals surface area contributed by atoms with Crippen LogP contribution >= 0.6 is 0 Å². The topological polar surface area (TPSA) is 43.8 Å². The standard InChI is InChI=1S/C17H16FN3/c18-16-6-7-17(14(10-16)8-9-19)21-12-15(11-20-21)13-4-2-1-3-5-13/h1-7,10-12H,8-9,19H2. The Morgan fingerprint density at radius 1 is 1.05 bits per heavy atom. The number of halogens is 1. The Balaban J connectivity index is 2.00. The van der Waals surface area contributed by atoms with Crippen molar-refractivity contribution in [3.8, 4) is 16.8 Å². The lowest BCUT2D eigenvalue weighted by molar-refractivity contribution is 0.624. The summed E-state index contributed by atoms with van der Waals surface area (Å²) in [6.07, 6.45) is 4.38. The first-order chi connectivity index (χ1) is 10.3. The van der Waals surface area contributed by atoms with Crippen LogP contribution in [0.25, 0.3) is 16.8 Å². The number of nitrogens with zero attached hydrogens (tertiary/aromatic N) is 2. The van der Waals surface area contributed by atoms with E-state index in [1.807, 2.05) is 42.7 Å². The molecule has 4 heteroatoms. The summed E-state index contributed by atoms with van der Waals surface area (Å²) in [4.78, 5) is 0. The van der Waals surface area contributed by atoms with E-state index in [4.69, 9.17) is 5.73 Å². The zero-order valence-corrected chi connectivity index (χ0v) is 11.5. The number of aromatic nitrogens is 2. The lowest BCUT2D eigenvalue weighted by Gasteiger charge is -2.08. The Hall–Kier alpha value is -2.46. The summed E-state index contributed by atoms with van der Waals surface area (Å²) in [5, 5.41) is 4.39. The van der Waals surface area contributed by atoms with Gasteiger partial charge in [0.1, 0.15) is 5.82 Å².